The van der Waals surface area contributed by atoms with Gasteiger partial charge in [-0.2, -0.15) is 0 Å². The number of hydrogen-bond acceptors (Lipinski definition) is 4. The molecule has 0 bridgehead atoms. The van der Waals surface area contributed by atoms with Gasteiger partial charge < -0.3 is 20.3 Å². The zero-order chi connectivity index (χ0) is 18.4. The third-order valence-corrected chi connectivity index (χ3v) is 4.53. The molecule has 0 aliphatic carbocycles. The number of carbonyl (C=O) groups is 1. The monoisotopic (exact) mass is 357 g/mol. The number of anilines is 1. The summed E-state index contributed by atoms with van der Waals surface area (Å²) in [5.74, 6) is -0.240. The predicted octanol–water partition coefficient (Wildman–Crippen LogP) is 2.79. The van der Waals surface area contributed by atoms with E-state index in [1.165, 1.54) is 0 Å². The summed E-state index contributed by atoms with van der Waals surface area (Å²) in [5, 5.41) is 0. The fourth-order valence-corrected chi connectivity index (χ4v) is 3.07. The molecular formula is C20H24FN3O2. The number of nitrogens with two attached hydrogens (primary N) is 1. The molecule has 1 fully saturated rings. The van der Waals surface area contributed by atoms with Crippen molar-refractivity contribution in [2.45, 2.75) is 13.0 Å². The van der Waals surface area contributed by atoms with E-state index in [2.05, 4.69) is 0 Å². The average molecular weight is 357 g/mol. The quantitative estimate of drug-likeness (QED) is 0.894. The Morgan fingerprint density at radius 3 is 2.42 bits per heavy atom. The zero-order valence-electron chi connectivity index (χ0n) is 14.7. The molecule has 5 nitrogen and oxygen atoms in total. The topological polar surface area (TPSA) is 58.8 Å². The first-order chi connectivity index (χ1) is 12.7. The van der Waals surface area contributed by atoms with E-state index in [1.54, 1.807) is 17.0 Å². The van der Waals surface area contributed by atoms with Crippen molar-refractivity contribution in [1.82, 2.24) is 4.90 Å². The molecule has 138 valence electrons. The van der Waals surface area contributed by atoms with Crippen molar-refractivity contribution in [2.75, 3.05) is 37.6 Å². The van der Waals surface area contributed by atoms with E-state index >= 15 is 0 Å². The smallest absolute Gasteiger partial charge is 0.410 e. The lowest BCUT2D eigenvalue weighted by Gasteiger charge is -2.35. The molecule has 3 rings (SSSR count). The normalized spacial score (nSPS) is 14.4. The Labute approximate surface area is 153 Å². The number of ether oxygens (including phenoxy) is 1. The summed E-state index contributed by atoms with van der Waals surface area (Å²) in [6.07, 6.45) is 0.338. The van der Waals surface area contributed by atoms with E-state index in [1.807, 2.05) is 41.3 Å². The first kappa shape index (κ1) is 18.2. The molecule has 1 saturated heterocycles. The van der Waals surface area contributed by atoms with Crippen LogP contribution in [-0.4, -0.2) is 43.7 Å². The molecule has 0 unspecified atom stereocenters. The summed E-state index contributed by atoms with van der Waals surface area (Å²) in [4.78, 5) is 15.8. The van der Waals surface area contributed by atoms with E-state index in [4.69, 9.17) is 10.5 Å². The van der Waals surface area contributed by atoms with Crippen LogP contribution in [0, 0.1) is 5.82 Å². The number of amides is 1. The number of piperazine rings is 1. The van der Waals surface area contributed by atoms with Crippen LogP contribution < -0.4 is 10.6 Å². The molecule has 0 saturated carbocycles. The van der Waals surface area contributed by atoms with Gasteiger partial charge in [0, 0.05) is 26.2 Å². The second-order valence-corrected chi connectivity index (χ2v) is 6.34. The Morgan fingerprint density at radius 1 is 1.04 bits per heavy atom. The largest absolute Gasteiger partial charge is 0.445 e. The van der Waals surface area contributed by atoms with E-state index in [9.17, 15) is 9.18 Å². The number of carbonyl (C=O) groups excluding carboxylic acids is 1. The van der Waals surface area contributed by atoms with Gasteiger partial charge in [0.2, 0.25) is 0 Å². The summed E-state index contributed by atoms with van der Waals surface area (Å²) in [7, 11) is 0. The number of rotatable bonds is 5. The molecule has 0 atom stereocenters. The van der Waals surface area contributed by atoms with Crippen LogP contribution in [0.3, 0.4) is 0 Å². The van der Waals surface area contributed by atoms with Gasteiger partial charge in [0.1, 0.15) is 12.4 Å². The number of nitrogens with zero attached hydrogens (tertiary/aromatic N) is 2. The Hall–Kier alpha value is -2.60. The fourth-order valence-electron chi connectivity index (χ4n) is 3.07. The van der Waals surface area contributed by atoms with E-state index in [0.717, 1.165) is 11.1 Å². The number of halogens is 1. The molecular weight excluding hydrogens is 333 g/mol. The molecule has 6 heteroatoms. The molecule has 1 aliphatic rings. The Balaban J connectivity index is 1.51. The van der Waals surface area contributed by atoms with Gasteiger partial charge in [-0.15, -0.1) is 0 Å². The Kier molecular flexibility index (Phi) is 6.07. The van der Waals surface area contributed by atoms with Gasteiger partial charge in [0.25, 0.3) is 0 Å². The highest BCUT2D eigenvalue weighted by atomic mass is 19.1. The van der Waals surface area contributed by atoms with Gasteiger partial charge in [0.15, 0.2) is 0 Å². The molecule has 0 spiro atoms. The summed E-state index contributed by atoms with van der Waals surface area (Å²) in [5.41, 5.74) is 7.94. The van der Waals surface area contributed by atoms with Gasteiger partial charge in [-0.05, 0) is 36.2 Å². The Morgan fingerprint density at radius 2 is 1.77 bits per heavy atom. The van der Waals surface area contributed by atoms with Crippen LogP contribution in [0.15, 0.2) is 48.5 Å². The van der Waals surface area contributed by atoms with Crippen LogP contribution >= 0.6 is 0 Å². The van der Waals surface area contributed by atoms with Gasteiger partial charge >= 0.3 is 6.09 Å². The number of hydrogen-bond donors (Lipinski definition) is 1. The van der Waals surface area contributed by atoms with Crippen molar-refractivity contribution in [3.63, 3.8) is 0 Å². The standard InChI is InChI=1S/C20H24FN3O2/c21-18-14-16(8-9-22)6-7-19(18)23-10-12-24(13-11-23)20(25)26-15-17-4-2-1-3-5-17/h1-7,14H,8-13,15,22H2. The van der Waals surface area contributed by atoms with Crippen molar-refractivity contribution in [3.8, 4) is 0 Å². The van der Waals surface area contributed by atoms with Crippen LogP contribution in [0.5, 0.6) is 0 Å². The minimum absolute atomic E-state index is 0.240. The van der Waals surface area contributed by atoms with Crippen LogP contribution in [0.2, 0.25) is 0 Å². The van der Waals surface area contributed by atoms with E-state index in [0.29, 0.717) is 44.8 Å². The van der Waals surface area contributed by atoms with E-state index in [-0.39, 0.29) is 18.5 Å². The maximum absolute atomic E-state index is 14.3. The van der Waals surface area contributed by atoms with Crippen LogP contribution in [0.25, 0.3) is 0 Å². The number of benzene rings is 2. The highest BCUT2D eigenvalue weighted by Gasteiger charge is 2.23. The van der Waals surface area contributed by atoms with Gasteiger partial charge in [-0.1, -0.05) is 36.4 Å². The molecule has 0 radical (unpaired) electrons. The van der Waals surface area contributed by atoms with E-state index < -0.39 is 0 Å². The maximum atomic E-state index is 14.3. The van der Waals surface area contributed by atoms with Gasteiger partial charge in [0.05, 0.1) is 5.69 Å². The first-order valence-corrected chi connectivity index (χ1v) is 8.86. The van der Waals surface area contributed by atoms with Crippen molar-refractivity contribution in [2.24, 2.45) is 5.73 Å². The summed E-state index contributed by atoms with van der Waals surface area (Å²) >= 11 is 0. The second kappa shape index (κ2) is 8.67. The molecule has 1 aliphatic heterocycles. The molecule has 2 aromatic carbocycles. The SMILES string of the molecule is NCCc1ccc(N2CCN(C(=O)OCc3ccccc3)CC2)c(F)c1. The fraction of sp³-hybridized carbons (Fsp3) is 0.350. The Bertz CT molecular complexity index is 731. The van der Waals surface area contributed by atoms with Crippen LogP contribution in [0.4, 0.5) is 14.9 Å². The minimum Gasteiger partial charge on any atom is -0.445 e. The van der Waals surface area contributed by atoms with Gasteiger partial charge in [-0.3, -0.25) is 0 Å². The molecule has 2 N–H and O–H groups in total. The first-order valence-electron chi connectivity index (χ1n) is 8.86. The summed E-state index contributed by atoms with van der Waals surface area (Å²) in [6.45, 7) is 2.94. The second-order valence-electron chi connectivity index (χ2n) is 6.34. The third kappa shape index (κ3) is 4.52. The van der Waals surface area contributed by atoms with Crippen molar-refractivity contribution in [3.05, 3.63) is 65.5 Å². The zero-order valence-corrected chi connectivity index (χ0v) is 14.7. The van der Waals surface area contributed by atoms with Crippen LogP contribution in [-0.2, 0) is 17.8 Å². The summed E-state index contributed by atoms with van der Waals surface area (Å²) < 4.78 is 19.7. The summed E-state index contributed by atoms with van der Waals surface area (Å²) in [6, 6.07) is 14.8. The highest BCUT2D eigenvalue weighted by Crippen LogP contribution is 2.22. The predicted molar refractivity (Wildman–Crippen MR) is 99.6 cm³/mol. The average Bonchev–Trinajstić information content (AvgIpc) is 2.67. The maximum Gasteiger partial charge on any atom is 0.410 e. The molecule has 2 aromatic rings. The lowest BCUT2D eigenvalue weighted by Crippen LogP contribution is -2.49. The lowest BCUT2D eigenvalue weighted by molar-refractivity contribution is 0.0941. The lowest BCUT2D eigenvalue weighted by atomic mass is 10.1. The highest BCUT2D eigenvalue weighted by molar-refractivity contribution is 5.68. The van der Waals surface area contributed by atoms with Crippen molar-refractivity contribution >= 4 is 11.8 Å². The van der Waals surface area contributed by atoms with Gasteiger partial charge in [-0.25, -0.2) is 9.18 Å². The molecule has 1 amide bonds. The third-order valence-electron chi connectivity index (χ3n) is 4.53. The van der Waals surface area contributed by atoms with Crippen LogP contribution in [0.1, 0.15) is 11.1 Å². The molecule has 26 heavy (non-hydrogen) atoms. The molecule has 1 heterocycles. The molecule has 0 aromatic heterocycles. The van der Waals surface area contributed by atoms with Crippen molar-refractivity contribution in [1.29, 1.82) is 0 Å². The van der Waals surface area contributed by atoms with Crippen molar-refractivity contribution < 1.29 is 13.9 Å². The minimum atomic E-state index is -0.327.